The minimum atomic E-state index is -0.580. The van der Waals surface area contributed by atoms with Crippen molar-refractivity contribution in [1.29, 1.82) is 0 Å². The second kappa shape index (κ2) is 3.53. The average molecular weight is 159 g/mol. The van der Waals surface area contributed by atoms with E-state index in [1.807, 2.05) is 7.05 Å². The van der Waals surface area contributed by atoms with Gasteiger partial charge in [0.15, 0.2) is 0 Å². The molecule has 0 aromatic carbocycles. The first-order chi connectivity index (χ1) is 5.09. The second-order valence-corrected chi connectivity index (χ2v) is 4.06. The van der Waals surface area contributed by atoms with Gasteiger partial charge in [0, 0.05) is 12.6 Å². The molecule has 0 saturated carbocycles. The van der Waals surface area contributed by atoms with Crippen molar-refractivity contribution in [2.75, 3.05) is 13.6 Å². The second-order valence-electron chi connectivity index (χ2n) is 4.06. The number of hydrogen-bond acceptors (Lipinski definition) is 1. The van der Waals surface area contributed by atoms with Crippen LogP contribution in [0.4, 0.5) is 4.39 Å². The summed E-state index contributed by atoms with van der Waals surface area (Å²) in [7, 11) is 2.02. The number of hydrogen-bond donors (Lipinski definition) is 0. The molecule has 1 nitrogen and oxygen atoms in total. The van der Waals surface area contributed by atoms with Crippen LogP contribution in [0.3, 0.4) is 0 Å². The normalized spacial score (nSPS) is 33.5. The van der Waals surface area contributed by atoms with Crippen LogP contribution in [0.15, 0.2) is 0 Å². The minimum absolute atomic E-state index is 0.491. The molecule has 0 aromatic rings. The number of alkyl halides is 1. The third kappa shape index (κ3) is 2.44. The Labute approximate surface area is 68.6 Å². The van der Waals surface area contributed by atoms with Gasteiger partial charge in [0.05, 0.1) is 0 Å². The number of halogens is 1. The van der Waals surface area contributed by atoms with Crippen molar-refractivity contribution >= 4 is 0 Å². The maximum absolute atomic E-state index is 12.8. The third-order valence-electron chi connectivity index (χ3n) is 2.38. The quantitative estimate of drug-likeness (QED) is 0.596. The summed E-state index contributed by atoms with van der Waals surface area (Å²) in [6, 6.07) is 0.491. The van der Waals surface area contributed by atoms with Gasteiger partial charge in [-0.05, 0) is 25.8 Å². The molecule has 1 fully saturated rings. The SMILES string of the molecule is CC(C)C[C@@H]1CC(F)CN1C. The Balaban J connectivity index is 2.34. The zero-order valence-electron chi connectivity index (χ0n) is 7.68. The van der Waals surface area contributed by atoms with Crippen molar-refractivity contribution in [3.05, 3.63) is 0 Å². The summed E-state index contributed by atoms with van der Waals surface area (Å²) in [5, 5.41) is 0. The fraction of sp³-hybridized carbons (Fsp3) is 1.00. The Morgan fingerprint density at radius 2 is 2.18 bits per heavy atom. The molecular formula is C9H18FN. The molecule has 66 valence electrons. The van der Waals surface area contributed by atoms with E-state index in [1.165, 1.54) is 0 Å². The van der Waals surface area contributed by atoms with Gasteiger partial charge in [-0.15, -0.1) is 0 Å². The van der Waals surface area contributed by atoms with Crippen LogP contribution in [0, 0.1) is 5.92 Å². The molecule has 1 rings (SSSR count). The summed E-state index contributed by atoms with van der Waals surface area (Å²) in [6.45, 7) is 5.02. The van der Waals surface area contributed by atoms with E-state index in [4.69, 9.17) is 0 Å². The van der Waals surface area contributed by atoms with E-state index >= 15 is 0 Å². The summed E-state index contributed by atoms with van der Waals surface area (Å²) in [6.07, 6.45) is 1.30. The minimum Gasteiger partial charge on any atom is -0.300 e. The molecule has 0 aliphatic carbocycles. The van der Waals surface area contributed by atoms with Crippen molar-refractivity contribution in [3.63, 3.8) is 0 Å². The molecule has 1 saturated heterocycles. The first kappa shape index (κ1) is 8.98. The summed E-state index contributed by atoms with van der Waals surface area (Å²) in [5.74, 6) is 0.688. The Kier molecular flexibility index (Phi) is 2.88. The lowest BCUT2D eigenvalue weighted by Gasteiger charge is -2.20. The summed E-state index contributed by atoms with van der Waals surface area (Å²) < 4.78 is 12.8. The molecule has 2 atom stereocenters. The van der Waals surface area contributed by atoms with Crippen molar-refractivity contribution in [2.45, 2.75) is 38.9 Å². The van der Waals surface area contributed by atoms with Crippen molar-refractivity contribution in [2.24, 2.45) is 5.92 Å². The van der Waals surface area contributed by atoms with Crippen LogP contribution in [0.25, 0.3) is 0 Å². The molecule has 11 heavy (non-hydrogen) atoms. The Morgan fingerprint density at radius 1 is 1.55 bits per heavy atom. The van der Waals surface area contributed by atoms with E-state index in [0.29, 0.717) is 18.5 Å². The highest BCUT2D eigenvalue weighted by molar-refractivity contribution is 4.83. The number of nitrogens with zero attached hydrogens (tertiary/aromatic N) is 1. The molecule has 0 N–H and O–H groups in total. The summed E-state index contributed by atoms with van der Waals surface area (Å²) in [5.41, 5.74) is 0. The summed E-state index contributed by atoms with van der Waals surface area (Å²) in [4.78, 5) is 2.14. The zero-order chi connectivity index (χ0) is 8.43. The van der Waals surface area contributed by atoms with Crippen molar-refractivity contribution in [3.8, 4) is 0 Å². The third-order valence-corrected chi connectivity index (χ3v) is 2.38. The van der Waals surface area contributed by atoms with Crippen LogP contribution in [0.5, 0.6) is 0 Å². The van der Waals surface area contributed by atoms with Gasteiger partial charge < -0.3 is 4.90 Å². The monoisotopic (exact) mass is 159 g/mol. The molecule has 1 unspecified atom stereocenters. The van der Waals surface area contributed by atoms with E-state index in [9.17, 15) is 4.39 Å². The number of rotatable bonds is 2. The fourth-order valence-electron chi connectivity index (χ4n) is 1.83. The molecule has 1 aliphatic rings. The Hall–Kier alpha value is -0.110. The van der Waals surface area contributed by atoms with Gasteiger partial charge in [-0.2, -0.15) is 0 Å². The molecule has 0 spiro atoms. The predicted molar refractivity (Wildman–Crippen MR) is 45.4 cm³/mol. The molecule has 2 heteroatoms. The van der Waals surface area contributed by atoms with Crippen molar-refractivity contribution in [1.82, 2.24) is 4.90 Å². The molecule has 0 aromatic heterocycles. The highest BCUT2D eigenvalue weighted by atomic mass is 19.1. The standard InChI is InChI=1S/C9H18FN/c1-7(2)4-9-5-8(10)6-11(9)3/h7-9H,4-6H2,1-3H3/t8?,9-/m1/s1. The lowest BCUT2D eigenvalue weighted by molar-refractivity contribution is 0.267. The average Bonchev–Trinajstić information content (AvgIpc) is 2.09. The molecule has 0 amide bonds. The largest absolute Gasteiger partial charge is 0.300 e. The van der Waals surface area contributed by atoms with Gasteiger partial charge in [-0.3, -0.25) is 0 Å². The van der Waals surface area contributed by atoms with E-state index in [1.54, 1.807) is 0 Å². The van der Waals surface area contributed by atoms with E-state index < -0.39 is 6.17 Å². The molecular weight excluding hydrogens is 141 g/mol. The van der Waals surface area contributed by atoms with Gasteiger partial charge in [-0.1, -0.05) is 13.8 Å². The number of likely N-dealkylation sites (tertiary alicyclic amines) is 1. The van der Waals surface area contributed by atoms with Gasteiger partial charge in [-0.25, -0.2) is 4.39 Å². The summed E-state index contributed by atoms with van der Waals surface area (Å²) >= 11 is 0. The van der Waals surface area contributed by atoms with Crippen LogP contribution >= 0.6 is 0 Å². The highest BCUT2D eigenvalue weighted by Gasteiger charge is 2.29. The van der Waals surface area contributed by atoms with Crippen molar-refractivity contribution < 1.29 is 4.39 Å². The first-order valence-corrected chi connectivity index (χ1v) is 4.44. The maximum atomic E-state index is 12.8. The van der Waals surface area contributed by atoms with Crippen LogP contribution in [0.2, 0.25) is 0 Å². The lowest BCUT2D eigenvalue weighted by atomic mass is 10.0. The van der Waals surface area contributed by atoms with E-state index in [0.717, 1.165) is 12.8 Å². The van der Waals surface area contributed by atoms with Gasteiger partial charge >= 0.3 is 0 Å². The van der Waals surface area contributed by atoms with Gasteiger partial charge in [0.2, 0.25) is 0 Å². The van der Waals surface area contributed by atoms with Crippen LogP contribution < -0.4 is 0 Å². The molecule has 0 radical (unpaired) electrons. The molecule has 0 bridgehead atoms. The lowest BCUT2D eigenvalue weighted by Crippen LogP contribution is -2.26. The van der Waals surface area contributed by atoms with Crippen LogP contribution in [-0.2, 0) is 0 Å². The maximum Gasteiger partial charge on any atom is 0.114 e. The van der Waals surface area contributed by atoms with Crippen LogP contribution in [-0.4, -0.2) is 30.7 Å². The smallest absolute Gasteiger partial charge is 0.114 e. The van der Waals surface area contributed by atoms with Gasteiger partial charge in [0.1, 0.15) is 6.17 Å². The van der Waals surface area contributed by atoms with Crippen LogP contribution in [0.1, 0.15) is 26.7 Å². The first-order valence-electron chi connectivity index (χ1n) is 4.44. The van der Waals surface area contributed by atoms with Gasteiger partial charge in [0.25, 0.3) is 0 Å². The Bertz CT molecular complexity index is 125. The molecule has 1 aliphatic heterocycles. The van der Waals surface area contributed by atoms with E-state index in [2.05, 4.69) is 18.7 Å². The topological polar surface area (TPSA) is 3.24 Å². The Morgan fingerprint density at radius 3 is 2.55 bits per heavy atom. The zero-order valence-corrected chi connectivity index (χ0v) is 7.68. The highest BCUT2D eigenvalue weighted by Crippen LogP contribution is 2.23. The predicted octanol–water partition coefficient (Wildman–Crippen LogP) is 2.07. The fourth-order valence-corrected chi connectivity index (χ4v) is 1.83. The molecule has 1 heterocycles. The van der Waals surface area contributed by atoms with E-state index in [-0.39, 0.29) is 0 Å².